The van der Waals surface area contributed by atoms with Crippen LogP contribution < -0.4 is 5.32 Å². The minimum atomic E-state index is -0.547. The maximum absolute atomic E-state index is 11.9. The second kappa shape index (κ2) is 7.75. The zero-order valence-corrected chi connectivity index (χ0v) is 11.7. The Balaban J connectivity index is 2.83. The van der Waals surface area contributed by atoms with Crippen molar-refractivity contribution in [3.05, 3.63) is 33.9 Å². The summed E-state index contributed by atoms with van der Waals surface area (Å²) in [6, 6.07) is 4.52. The van der Waals surface area contributed by atoms with Gasteiger partial charge in [0.25, 0.3) is 11.6 Å². The fourth-order valence-corrected chi connectivity index (χ4v) is 1.94. The molecule has 104 valence electrons. The molecule has 1 aromatic carbocycles. The third-order valence-corrected chi connectivity index (χ3v) is 3.18. The van der Waals surface area contributed by atoms with Gasteiger partial charge >= 0.3 is 0 Å². The fourth-order valence-electron chi connectivity index (χ4n) is 1.50. The quantitative estimate of drug-likeness (QED) is 0.359. The van der Waals surface area contributed by atoms with Crippen molar-refractivity contribution in [3.8, 4) is 0 Å². The molecule has 0 bridgehead atoms. The first-order valence-electron chi connectivity index (χ1n) is 5.69. The van der Waals surface area contributed by atoms with E-state index in [1.54, 1.807) is 13.2 Å². The van der Waals surface area contributed by atoms with Crippen LogP contribution in [0.3, 0.4) is 0 Å². The number of hydrogen-bond acceptors (Lipinski definition) is 5. The first-order valence-corrected chi connectivity index (χ1v) is 6.92. The van der Waals surface area contributed by atoms with Gasteiger partial charge in [-0.25, -0.2) is 0 Å². The Bertz CT molecular complexity index is 465. The van der Waals surface area contributed by atoms with Gasteiger partial charge in [0.15, 0.2) is 0 Å². The Morgan fingerprint density at radius 2 is 2.26 bits per heavy atom. The van der Waals surface area contributed by atoms with E-state index in [1.165, 1.54) is 23.9 Å². The van der Waals surface area contributed by atoms with Crippen LogP contribution in [-0.4, -0.2) is 37.3 Å². The predicted octanol–water partition coefficient (Wildman–Crippen LogP) is 2.08. The zero-order valence-electron chi connectivity index (χ0n) is 10.8. The Kier molecular flexibility index (Phi) is 6.31. The molecule has 0 aliphatic rings. The lowest BCUT2D eigenvalue weighted by Gasteiger charge is -2.06. The van der Waals surface area contributed by atoms with Crippen LogP contribution in [0.2, 0.25) is 0 Å². The van der Waals surface area contributed by atoms with E-state index in [0.717, 1.165) is 4.90 Å². The van der Waals surface area contributed by atoms with E-state index in [9.17, 15) is 14.9 Å². The molecule has 19 heavy (non-hydrogen) atoms. The SMILES string of the molecule is COCCCNC(=O)c1cc(SC)ccc1[N+](=O)[O-]. The van der Waals surface area contributed by atoms with Gasteiger partial charge in [-0.2, -0.15) is 0 Å². The van der Waals surface area contributed by atoms with Gasteiger partial charge < -0.3 is 10.1 Å². The second-order valence-corrected chi connectivity index (χ2v) is 4.62. The van der Waals surface area contributed by atoms with E-state index < -0.39 is 10.8 Å². The van der Waals surface area contributed by atoms with Crippen LogP contribution in [0.25, 0.3) is 0 Å². The number of methoxy groups -OCH3 is 1. The lowest BCUT2D eigenvalue weighted by atomic mass is 10.1. The number of hydrogen-bond donors (Lipinski definition) is 1. The summed E-state index contributed by atoms with van der Waals surface area (Å²) in [7, 11) is 1.58. The number of nitrogens with zero attached hydrogens (tertiary/aromatic N) is 1. The molecule has 6 nitrogen and oxygen atoms in total. The first-order chi connectivity index (χ1) is 9.10. The normalized spacial score (nSPS) is 10.2. The number of carbonyl (C=O) groups excluding carboxylic acids is 1. The monoisotopic (exact) mass is 284 g/mol. The molecule has 1 rings (SSSR count). The Morgan fingerprint density at radius 1 is 1.53 bits per heavy atom. The van der Waals surface area contributed by atoms with Gasteiger partial charge in [-0.15, -0.1) is 11.8 Å². The largest absolute Gasteiger partial charge is 0.385 e. The van der Waals surface area contributed by atoms with Crippen molar-refractivity contribution in [1.29, 1.82) is 0 Å². The van der Waals surface area contributed by atoms with Crippen molar-refractivity contribution in [3.63, 3.8) is 0 Å². The fraction of sp³-hybridized carbons (Fsp3) is 0.417. The second-order valence-electron chi connectivity index (χ2n) is 3.74. The van der Waals surface area contributed by atoms with Crippen molar-refractivity contribution in [2.45, 2.75) is 11.3 Å². The number of nitro benzene ring substituents is 1. The molecular formula is C12H16N2O4S. The molecule has 1 aromatic rings. The van der Waals surface area contributed by atoms with Gasteiger partial charge in [-0.3, -0.25) is 14.9 Å². The van der Waals surface area contributed by atoms with Gasteiger partial charge in [0.05, 0.1) is 4.92 Å². The van der Waals surface area contributed by atoms with Crippen LogP contribution in [0, 0.1) is 10.1 Å². The van der Waals surface area contributed by atoms with Gasteiger partial charge in [0.2, 0.25) is 0 Å². The number of carbonyl (C=O) groups is 1. The Labute approximate surface area is 115 Å². The van der Waals surface area contributed by atoms with Crippen LogP contribution in [0.15, 0.2) is 23.1 Å². The predicted molar refractivity (Wildman–Crippen MR) is 73.7 cm³/mol. The topological polar surface area (TPSA) is 81.5 Å². The van der Waals surface area contributed by atoms with Gasteiger partial charge in [-0.05, 0) is 24.8 Å². The molecule has 0 heterocycles. The van der Waals surface area contributed by atoms with Crippen LogP contribution >= 0.6 is 11.8 Å². The average Bonchev–Trinajstić information content (AvgIpc) is 2.42. The molecule has 0 aromatic heterocycles. The lowest BCUT2D eigenvalue weighted by molar-refractivity contribution is -0.385. The molecule has 0 unspecified atom stereocenters. The summed E-state index contributed by atoms with van der Waals surface area (Å²) in [6.45, 7) is 0.959. The van der Waals surface area contributed by atoms with E-state index in [4.69, 9.17) is 4.74 Å². The molecule has 0 saturated carbocycles. The molecule has 0 atom stereocenters. The summed E-state index contributed by atoms with van der Waals surface area (Å²) < 4.78 is 4.86. The summed E-state index contributed by atoms with van der Waals surface area (Å²) in [5.74, 6) is -0.432. The molecule has 0 saturated heterocycles. The lowest BCUT2D eigenvalue weighted by Crippen LogP contribution is -2.26. The van der Waals surface area contributed by atoms with Crippen molar-refractivity contribution >= 4 is 23.4 Å². The molecular weight excluding hydrogens is 268 g/mol. The molecule has 0 radical (unpaired) electrons. The van der Waals surface area contributed by atoms with Crippen molar-refractivity contribution in [2.24, 2.45) is 0 Å². The Morgan fingerprint density at radius 3 is 2.84 bits per heavy atom. The number of amides is 1. The van der Waals surface area contributed by atoms with E-state index in [-0.39, 0.29) is 11.3 Å². The van der Waals surface area contributed by atoms with Crippen LogP contribution in [-0.2, 0) is 4.74 Å². The number of thioether (sulfide) groups is 1. The molecule has 7 heteroatoms. The maximum atomic E-state index is 11.9. The van der Waals surface area contributed by atoms with Gasteiger partial charge in [0.1, 0.15) is 5.56 Å². The molecule has 1 N–H and O–H groups in total. The maximum Gasteiger partial charge on any atom is 0.282 e. The number of nitrogens with one attached hydrogen (secondary N) is 1. The molecule has 0 aliphatic heterocycles. The Hall–Kier alpha value is -1.60. The minimum absolute atomic E-state index is 0.0919. The standard InChI is InChI=1S/C12H16N2O4S/c1-18-7-3-6-13-12(15)10-8-9(19-2)4-5-11(10)14(16)17/h4-5,8H,3,6-7H2,1-2H3,(H,13,15). The van der Waals surface area contributed by atoms with Crippen LogP contribution in [0.5, 0.6) is 0 Å². The van der Waals surface area contributed by atoms with E-state index >= 15 is 0 Å². The first kappa shape index (κ1) is 15.5. The number of ether oxygens (including phenoxy) is 1. The minimum Gasteiger partial charge on any atom is -0.385 e. The van der Waals surface area contributed by atoms with Crippen molar-refractivity contribution in [2.75, 3.05) is 26.5 Å². The molecule has 0 spiro atoms. The number of benzene rings is 1. The summed E-state index contributed by atoms with van der Waals surface area (Å²) in [5.41, 5.74) is -0.0868. The molecule has 1 amide bonds. The van der Waals surface area contributed by atoms with Gasteiger partial charge in [0, 0.05) is 31.2 Å². The highest BCUT2D eigenvalue weighted by atomic mass is 32.2. The highest BCUT2D eigenvalue weighted by Gasteiger charge is 2.20. The third kappa shape index (κ3) is 4.53. The third-order valence-electron chi connectivity index (χ3n) is 2.46. The highest BCUT2D eigenvalue weighted by molar-refractivity contribution is 7.98. The zero-order chi connectivity index (χ0) is 14.3. The summed E-state index contributed by atoms with van der Waals surface area (Å²) in [5, 5.41) is 13.5. The average molecular weight is 284 g/mol. The highest BCUT2D eigenvalue weighted by Crippen LogP contribution is 2.24. The molecule has 0 fully saturated rings. The van der Waals surface area contributed by atoms with E-state index in [0.29, 0.717) is 19.6 Å². The number of nitro groups is 1. The summed E-state index contributed by atoms with van der Waals surface area (Å²) >= 11 is 1.43. The molecule has 0 aliphatic carbocycles. The van der Waals surface area contributed by atoms with Gasteiger partial charge in [-0.1, -0.05) is 0 Å². The van der Waals surface area contributed by atoms with E-state index in [1.807, 2.05) is 6.26 Å². The van der Waals surface area contributed by atoms with Crippen molar-refractivity contribution in [1.82, 2.24) is 5.32 Å². The summed E-state index contributed by atoms with van der Waals surface area (Å²) in [6.07, 6.45) is 2.51. The van der Waals surface area contributed by atoms with E-state index in [2.05, 4.69) is 5.32 Å². The summed E-state index contributed by atoms with van der Waals surface area (Å²) in [4.78, 5) is 23.1. The van der Waals surface area contributed by atoms with Crippen molar-refractivity contribution < 1.29 is 14.5 Å². The number of rotatable bonds is 7. The van der Waals surface area contributed by atoms with Crippen LogP contribution in [0.1, 0.15) is 16.8 Å². The van der Waals surface area contributed by atoms with Crippen LogP contribution in [0.4, 0.5) is 5.69 Å². The smallest absolute Gasteiger partial charge is 0.282 e.